The molecule has 4 heteroatoms. The molecule has 0 aliphatic carbocycles. The van der Waals surface area contributed by atoms with Gasteiger partial charge < -0.3 is 14.5 Å². The zero-order valence-electron chi connectivity index (χ0n) is 12.4. The van der Waals surface area contributed by atoms with Crippen LogP contribution >= 0.6 is 0 Å². The number of nitrogens with zero attached hydrogens (tertiary/aromatic N) is 1. The molecule has 108 valence electrons. The number of hydrogen-bond donors (Lipinski definition) is 1. The van der Waals surface area contributed by atoms with Gasteiger partial charge in [0.05, 0.1) is 25.0 Å². The van der Waals surface area contributed by atoms with Crippen LogP contribution in [0.5, 0.6) is 0 Å². The van der Waals surface area contributed by atoms with Gasteiger partial charge in [0.15, 0.2) is 0 Å². The number of nitrogens with one attached hydrogen (secondary N) is 1. The smallest absolute Gasteiger partial charge is 0.122 e. The van der Waals surface area contributed by atoms with Gasteiger partial charge in [0, 0.05) is 25.2 Å². The van der Waals surface area contributed by atoms with Crippen molar-refractivity contribution in [1.29, 1.82) is 0 Å². The molecule has 1 fully saturated rings. The fourth-order valence-corrected chi connectivity index (χ4v) is 2.53. The minimum atomic E-state index is -0.0391. The third kappa shape index (κ3) is 4.34. The van der Waals surface area contributed by atoms with E-state index in [1.807, 2.05) is 0 Å². The lowest BCUT2D eigenvalue weighted by Crippen LogP contribution is -2.47. The van der Waals surface area contributed by atoms with E-state index in [0.717, 1.165) is 51.5 Å². The highest BCUT2D eigenvalue weighted by Crippen LogP contribution is 2.20. The first-order chi connectivity index (χ1) is 9.11. The molecule has 0 atom stereocenters. The van der Waals surface area contributed by atoms with Gasteiger partial charge in [-0.25, -0.2) is 0 Å². The summed E-state index contributed by atoms with van der Waals surface area (Å²) in [7, 11) is 0. The van der Waals surface area contributed by atoms with Crippen LogP contribution in [-0.4, -0.2) is 36.7 Å². The first-order valence-corrected chi connectivity index (χ1v) is 7.23. The van der Waals surface area contributed by atoms with E-state index in [-0.39, 0.29) is 5.60 Å². The van der Waals surface area contributed by atoms with Crippen molar-refractivity contribution < 1.29 is 9.15 Å². The van der Waals surface area contributed by atoms with Crippen molar-refractivity contribution in [3.63, 3.8) is 0 Å². The molecule has 1 aliphatic heterocycles. The van der Waals surface area contributed by atoms with Crippen molar-refractivity contribution in [2.24, 2.45) is 0 Å². The maximum Gasteiger partial charge on any atom is 0.122 e. The van der Waals surface area contributed by atoms with Gasteiger partial charge in [-0.05, 0) is 32.9 Å². The van der Waals surface area contributed by atoms with E-state index in [1.165, 1.54) is 5.56 Å². The van der Waals surface area contributed by atoms with Crippen molar-refractivity contribution >= 4 is 0 Å². The van der Waals surface area contributed by atoms with Gasteiger partial charge in [0.1, 0.15) is 5.76 Å². The fraction of sp³-hybridized carbons (Fsp3) is 0.733. The highest BCUT2D eigenvalue weighted by molar-refractivity contribution is 5.17. The lowest BCUT2D eigenvalue weighted by Gasteiger charge is -2.38. The summed E-state index contributed by atoms with van der Waals surface area (Å²) < 4.78 is 11.3. The molecule has 1 aromatic heterocycles. The summed E-state index contributed by atoms with van der Waals surface area (Å²) in [5.74, 6) is 1.07. The van der Waals surface area contributed by atoms with Crippen molar-refractivity contribution in [3.05, 3.63) is 23.7 Å². The van der Waals surface area contributed by atoms with Gasteiger partial charge in [-0.3, -0.25) is 4.90 Å². The fourth-order valence-electron chi connectivity index (χ4n) is 2.53. The molecule has 1 N–H and O–H groups in total. The quantitative estimate of drug-likeness (QED) is 0.802. The predicted octanol–water partition coefficient (Wildman–Crippen LogP) is 2.39. The average Bonchev–Trinajstić information content (AvgIpc) is 2.76. The van der Waals surface area contributed by atoms with Gasteiger partial charge in [0.2, 0.25) is 0 Å². The largest absolute Gasteiger partial charge is 0.468 e. The molecule has 0 saturated carbocycles. The SMILES string of the molecule is CCCNCc1occc1CN1CCOC(C)(C)C1. The van der Waals surface area contributed by atoms with Crippen LogP contribution in [0.1, 0.15) is 38.5 Å². The second-order valence-electron chi connectivity index (χ2n) is 5.86. The van der Waals surface area contributed by atoms with Gasteiger partial charge in [-0.1, -0.05) is 6.92 Å². The second-order valence-corrected chi connectivity index (χ2v) is 5.86. The van der Waals surface area contributed by atoms with Crippen molar-refractivity contribution in [2.45, 2.75) is 45.9 Å². The third-order valence-corrected chi connectivity index (χ3v) is 3.45. The predicted molar refractivity (Wildman–Crippen MR) is 76.0 cm³/mol. The molecule has 0 radical (unpaired) electrons. The van der Waals surface area contributed by atoms with Crippen LogP contribution in [0, 0.1) is 0 Å². The second kappa shape index (κ2) is 6.55. The Morgan fingerprint density at radius 1 is 1.42 bits per heavy atom. The Hall–Kier alpha value is -0.840. The van der Waals surface area contributed by atoms with Crippen LogP contribution in [0.4, 0.5) is 0 Å². The summed E-state index contributed by atoms with van der Waals surface area (Å²) in [5, 5.41) is 3.39. The highest BCUT2D eigenvalue weighted by Gasteiger charge is 2.27. The third-order valence-electron chi connectivity index (χ3n) is 3.45. The van der Waals surface area contributed by atoms with E-state index in [4.69, 9.17) is 9.15 Å². The van der Waals surface area contributed by atoms with Gasteiger partial charge in [-0.2, -0.15) is 0 Å². The molecule has 1 aliphatic rings. The Kier molecular flexibility index (Phi) is 5.02. The summed E-state index contributed by atoms with van der Waals surface area (Å²) in [5.41, 5.74) is 1.25. The normalized spacial score (nSPS) is 19.7. The average molecular weight is 266 g/mol. The monoisotopic (exact) mass is 266 g/mol. The van der Waals surface area contributed by atoms with E-state index >= 15 is 0 Å². The van der Waals surface area contributed by atoms with Crippen molar-refractivity contribution in [3.8, 4) is 0 Å². The lowest BCUT2D eigenvalue weighted by molar-refractivity contribution is -0.0883. The molecular formula is C15H26N2O2. The van der Waals surface area contributed by atoms with E-state index in [2.05, 4.69) is 37.1 Å². The van der Waals surface area contributed by atoms with Crippen LogP contribution in [-0.2, 0) is 17.8 Å². The minimum Gasteiger partial charge on any atom is -0.468 e. The standard InChI is InChI=1S/C15H26N2O2/c1-4-6-16-10-14-13(5-8-18-14)11-17-7-9-19-15(2,3)12-17/h5,8,16H,4,6-7,9-12H2,1-3H3. The van der Waals surface area contributed by atoms with Gasteiger partial charge >= 0.3 is 0 Å². The van der Waals surface area contributed by atoms with Crippen LogP contribution in [0.2, 0.25) is 0 Å². The van der Waals surface area contributed by atoms with Crippen molar-refractivity contribution in [2.75, 3.05) is 26.2 Å². The molecule has 1 saturated heterocycles. The summed E-state index contributed by atoms with van der Waals surface area (Å²) in [6.45, 7) is 12.1. The Bertz CT molecular complexity index is 387. The maximum atomic E-state index is 5.75. The summed E-state index contributed by atoms with van der Waals surface area (Å²) in [4.78, 5) is 2.44. The maximum absolute atomic E-state index is 5.75. The molecule has 2 rings (SSSR count). The molecule has 0 spiro atoms. The Labute approximate surface area is 116 Å². The number of hydrogen-bond acceptors (Lipinski definition) is 4. The molecule has 0 unspecified atom stereocenters. The van der Waals surface area contributed by atoms with Gasteiger partial charge in [-0.15, -0.1) is 0 Å². The van der Waals surface area contributed by atoms with E-state index in [9.17, 15) is 0 Å². The number of furan rings is 1. The Balaban J connectivity index is 1.90. The first-order valence-electron chi connectivity index (χ1n) is 7.23. The number of morpholine rings is 1. The van der Waals surface area contributed by atoms with Crippen molar-refractivity contribution in [1.82, 2.24) is 10.2 Å². The van der Waals surface area contributed by atoms with E-state index in [1.54, 1.807) is 6.26 Å². The molecule has 0 aromatic carbocycles. The highest BCUT2D eigenvalue weighted by atomic mass is 16.5. The number of ether oxygens (including phenoxy) is 1. The molecular weight excluding hydrogens is 240 g/mol. The summed E-state index contributed by atoms with van der Waals surface area (Å²) >= 11 is 0. The van der Waals surface area contributed by atoms with Crippen LogP contribution in [0.3, 0.4) is 0 Å². The Morgan fingerprint density at radius 3 is 3.00 bits per heavy atom. The first kappa shape index (κ1) is 14.6. The van der Waals surface area contributed by atoms with Crippen LogP contribution in [0.25, 0.3) is 0 Å². The zero-order valence-corrected chi connectivity index (χ0v) is 12.4. The molecule has 19 heavy (non-hydrogen) atoms. The zero-order chi connectivity index (χ0) is 13.7. The Morgan fingerprint density at radius 2 is 2.26 bits per heavy atom. The van der Waals surface area contributed by atoms with Crippen LogP contribution < -0.4 is 5.32 Å². The molecule has 1 aromatic rings. The lowest BCUT2D eigenvalue weighted by atomic mass is 10.1. The molecule has 0 amide bonds. The molecule has 2 heterocycles. The molecule has 0 bridgehead atoms. The minimum absolute atomic E-state index is 0.0391. The number of rotatable bonds is 6. The van der Waals surface area contributed by atoms with Gasteiger partial charge in [0.25, 0.3) is 0 Å². The topological polar surface area (TPSA) is 37.6 Å². The van der Waals surface area contributed by atoms with E-state index < -0.39 is 0 Å². The van der Waals surface area contributed by atoms with E-state index in [0.29, 0.717) is 0 Å². The van der Waals surface area contributed by atoms with Crippen LogP contribution in [0.15, 0.2) is 16.7 Å². The molecule has 4 nitrogen and oxygen atoms in total. The summed E-state index contributed by atoms with van der Waals surface area (Å²) in [6, 6.07) is 2.09. The summed E-state index contributed by atoms with van der Waals surface area (Å²) in [6.07, 6.45) is 2.94.